The Balaban J connectivity index is 1.32. The van der Waals surface area contributed by atoms with Crippen LogP contribution in [0.25, 0.3) is 37.2 Å². The number of thiophene rings is 2. The Bertz CT molecular complexity index is 2220. The number of fused-ring (bicyclic) bond motifs is 4. The minimum atomic E-state index is -0.207. The van der Waals surface area contributed by atoms with E-state index in [9.17, 15) is 9.59 Å². The molecule has 0 radical (unpaired) electrons. The van der Waals surface area contributed by atoms with Crippen molar-refractivity contribution in [1.29, 1.82) is 0 Å². The molecule has 0 saturated heterocycles. The molecule has 4 aromatic heterocycles. The Morgan fingerprint density at radius 1 is 1.00 bits per heavy atom. The van der Waals surface area contributed by atoms with Gasteiger partial charge in [0.1, 0.15) is 15.5 Å². The van der Waals surface area contributed by atoms with Gasteiger partial charge < -0.3 is 4.98 Å². The lowest BCUT2D eigenvalue weighted by Gasteiger charge is -2.33. The SMILES string of the molecule is Cc1cccc(C)c1-n1c(SCc2nc3scc(-c4ccccc4Cl)c3c(=O)[nH]2)nc2sc3c(c2c1=O)CCC(C(C)(C)C)C3. The monoisotopic (exact) mass is 672 g/mol. The lowest BCUT2D eigenvalue weighted by Crippen LogP contribution is -2.27. The summed E-state index contributed by atoms with van der Waals surface area (Å²) < 4.78 is 1.79. The van der Waals surface area contributed by atoms with E-state index in [2.05, 4.69) is 25.8 Å². The summed E-state index contributed by atoms with van der Waals surface area (Å²) in [7, 11) is 0. The van der Waals surface area contributed by atoms with Gasteiger partial charge in [-0.25, -0.2) is 9.97 Å². The minimum absolute atomic E-state index is 0.0221. The molecule has 0 saturated carbocycles. The predicted octanol–water partition coefficient (Wildman–Crippen LogP) is 9.13. The molecule has 0 fully saturated rings. The second-order valence-electron chi connectivity index (χ2n) is 12.9. The van der Waals surface area contributed by atoms with Gasteiger partial charge in [-0.05, 0) is 67.2 Å². The first-order valence-electron chi connectivity index (χ1n) is 15.0. The predicted molar refractivity (Wildman–Crippen MR) is 190 cm³/mol. The number of nitrogens with one attached hydrogen (secondary N) is 1. The third-order valence-electron chi connectivity index (χ3n) is 8.93. The average Bonchev–Trinajstić information content (AvgIpc) is 3.58. The van der Waals surface area contributed by atoms with Gasteiger partial charge in [0.05, 0.1) is 22.2 Å². The Labute approximate surface area is 278 Å². The highest BCUT2D eigenvalue weighted by atomic mass is 35.5. The zero-order chi connectivity index (χ0) is 31.6. The number of aromatic amines is 1. The number of H-pyrrole nitrogens is 1. The first-order chi connectivity index (χ1) is 21.5. The first-order valence-corrected chi connectivity index (χ1v) is 18.1. The quantitative estimate of drug-likeness (QED) is 0.146. The molecule has 10 heteroatoms. The summed E-state index contributed by atoms with van der Waals surface area (Å²) in [5.74, 6) is 1.46. The maximum Gasteiger partial charge on any atom is 0.267 e. The number of thioether (sulfide) groups is 1. The molecule has 7 rings (SSSR count). The summed E-state index contributed by atoms with van der Waals surface area (Å²) in [4.78, 5) is 43.6. The molecule has 1 unspecified atom stereocenters. The molecule has 1 aliphatic rings. The van der Waals surface area contributed by atoms with Crippen molar-refractivity contribution in [3.63, 3.8) is 0 Å². The molecule has 45 heavy (non-hydrogen) atoms. The normalized spacial score (nSPS) is 15.2. The Morgan fingerprint density at radius 3 is 2.49 bits per heavy atom. The van der Waals surface area contributed by atoms with E-state index >= 15 is 0 Å². The van der Waals surface area contributed by atoms with Crippen LogP contribution in [0.1, 0.15) is 54.6 Å². The Hall–Kier alpha value is -3.24. The average molecular weight is 673 g/mol. The smallest absolute Gasteiger partial charge is 0.267 e. The largest absolute Gasteiger partial charge is 0.309 e. The number of hydrogen-bond acceptors (Lipinski definition) is 7. The van der Waals surface area contributed by atoms with Crippen molar-refractivity contribution >= 4 is 66.5 Å². The number of benzene rings is 2. The second-order valence-corrected chi connectivity index (χ2v) is 16.2. The van der Waals surface area contributed by atoms with Crippen molar-refractivity contribution in [2.45, 2.75) is 64.8 Å². The maximum absolute atomic E-state index is 14.5. The van der Waals surface area contributed by atoms with Crippen LogP contribution in [0.5, 0.6) is 0 Å². The van der Waals surface area contributed by atoms with Crippen LogP contribution in [-0.4, -0.2) is 19.5 Å². The van der Waals surface area contributed by atoms with E-state index in [4.69, 9.17) is 21.6 Å². The summed E-state index contributed by atoms with van der Waals surface area (Å²) in [6.45, 7) is 11.0. The van der Waals surface area contributed by atoms with E-state index in [1.165, 1.54) is 33.5 Å². The van der Waals surface area contributed by atoms with E-state index in [0.29, 0.717) is 37.9 Å². The van der Waals surface area contributed by atoms with Gasteiger partial charge in [0.25, 0.3) is 11.1 Å². The van der Waals surface area contributed by atoms with Crippen LogP contribution in [0.3, 0.4) is 0 Å². The summed E-state index contributed by atoms with van der Waals surface area (Å²) in [6.07, 6.45) is 2.95. The lowest BCUT2D eigenvalue weighted by molar-refractivity contribution is 0.218. The van der Waals surface area contributed by atoms with Gasteiger partial charge in [0.15, 0.2) is 5.16 Å². The molecule has 4 heterocycles. The Morgan fingerprint density at radius 2 is 1.76 bits per heavy atom. The van der Waals surface area contributed by atoms with Crippen LogP contribution in [-0.2, 0) is 18.6 Å². The number of rotatable bonds is 5. The van der Waals surface area contributed by atoms with Crippen LogP contribution in [0.2, 0.25) is 5.02 Å². The van der Waals surface area contributed by atoms with Crippen LogP contribution in [0, 0.1) is 25.2 Å². The molecule has 1 N–H and O–H groups in total. The first kappa shape index (κ1) is 30.4. The topological polar surface area (TPSA) is 80.6 Å². The molecular formula is C35H33ClN4O2S3. The van der Waals surface area contributed by atoms with Crippen molar-refractivity contribution in [3.8, 4) is 16.8 Å². The third-order valence-corrected chi connectivity index (χ3v) is 12.2. The van der Waals surface area contributed by atoms with Gasteiger partial charge in [-0.2, -0.15) is 0 Å². The van der Waals surface area contributed by atoms with Crippen molar-refractivity contribution in [1.82, 2.24) is 19.5 Å². The van der Waals surface area contributed by atoms with Gasteiger partial charge in [-0.15, -0.1) is 22.7 Å². The maximum atomic E-state index is 14.5. The zero-order valence-corrected chi connectivity index (χ0v) is 29.0. The molecular weight excluding hydrogens is 640 g/mol. The van der Waals surface area contributed by atoms with Gasteiger partial charge in [0.2, 0.25) is 0 Å². The highest BCUT2D eigenvalue weighted by Gasteiger charge is 2.32. The molecule has 0 bridgehead atoms. The van der Waals surface area contributed by atoms with E-state index in [1.807, 2.05) is 61.7 Å². The number of halogens is 1. The van der Waals surface area contributed by atoms with Gasteiger partial charge in [0, 0.05) is 26.4 Å². The van der Waals surface area contributed by atoms with Gasteiger partial charge in [-0.1, -0.05) is 80.5 Å². The van der Waals surface area contributed by atoms with Crippen LogP contribution in [0.4, 0.5) is 0 Å². The number of aryl methyl sites for hydroxylation is 3. The van der Waals surface area contributed by atoms with Crippen LogP contribution in [0.15, 0.2) is 62.6 Å². The standard InChI is InChI=1S/C35H33ClN4O2S3/c1-18-9-8-10-19(2)29(18)40-33(42)28-22-14-13-20(35(3,4)5)15-25(22)45-32(28)39-34(40)44-17-26-37-30(41)27-23(16-43-31(27)38-26)21-11-6-7-12-24(21)36/h6-12,16,20H,13-15,17H2,1-5H3,(H,37,38,41). The van der Waals surface area contributed by atoms with Crippen LogP contribution >= 0.6 is 46.0 Å². The Kier molecular flexibility index (Phi) is 7.79. The summed E-state index contributed by atoms with van der Waals surface area (Å²) in [5, 5.41) is 4.41. The number of para-hydroxylation sites is 1. The summed E-state index contributed by atoms with van der Waals surface area (Å²) in [6, 6.07) is 13.6. The molecule has 6 nitrogen and oxygen atoms in total. The molecule has 1 aliphatic carbocycles. The molecule has 6 aromatic rings. The number of hydrogen-bond donors (Lipinski definition) is 1. The molecule has 0 aliphatic heterocycles. The fourth-order valence-electron chi connectivity index (χ4n) is 6.47. The summed E-state index contributed by atoms with van der Waals surface area (Å²) in [5.41, 5.74) is 5.62. The van der Waals surface area contributed by atoms with E-state index in [1.54, 1.807) is 15.9 Å². The molecule has 1 atom stereocenters. The van der Waals surface area contributed by atoms with E-state index in [0.717, 1.165) is 57.4 Å². The van der Waals surface area contributed by atoms with Gasteiger partial charge in [-0.3, -0.25) is 14.2 Å². The van der Waals surface area contributed by atoms with Crippen molar-refractivity contribution in [2.24, 2.45) is 11.3 Å². The zero-order valence-electron chi connectivity index (χ0n) is 25.8. The molecule has 0 spiro atoms. The van der Waals surface area contributed by atoms with E-state index < -0.39 is 0 Å². The molecule has 2 aromatic carbocycles. The van der Waals surface area contributed by atoms with Crippen molar-refractivity contribution < 1.29 is 0 Å². The number of aromatic nitrogens is 4. The third kappa shape index (κ3) is 5.37. The number of nitrogens with zero attached hydrogens (tertiary/aromatic N) is 3. The fourth-order valence-corrected chi connectivity index (χ4v) is 9.88. The molecule has 230 valence electrons. The highest BCUT2D eigenvalue weighted by Crippen LogP contribution is 2.43. The minimum Gasteiger partial charge on any atom is -0.309 e. The highest BCUT2D eigenvalue weighted by molar-refractivity contribution is 7.98. The van der Waals surface area contributed by atoms with Crippen molar-refractivity contribution in [3.05, 3.63) is 101 Å². The second kappa shape index (κ2) is 11.5. The summed E-state index contributed by atoms with van der Waals surface area (Å²) >= 11 is 11.0. The fraction of sp³-hybridized carbons (Fsp3) is 0.314. The van der Waals surface area contributed by atoms with Gasteiger partial charge >= 0.3 is 0 Å². The van der Waals surface area contributed by atoms with Crippen molar-refractivity contribution in [2.75, 3.05) is 0 Å². The molecule has 0 amide bonds. The van der Waals surface area contributed by atoms with E-state index in [-0.39, 0.29) is 16.5 Å². The van der Waals surface area contributed by atoms with Crippen LogP contribution < -0.4 is 11.1 Å². The lowest BCUT2D eigenvalue weighted by atomic mass is 9.72.